The molecule has 13 heteroatoms. The summed E-state index contributed by atoms with van der Waals surface area (Å²) in [5.74, 6) is 1.75. The van der Waals surface area contributed by atoms with E-state index in [9.17, 15) is 10.1 Å². The van der Waals surface area contributed by atoms with Crippen molar-refractivity contribution in [2.45, 2.75) is 19.4 Å². The highest BCUT2D eigenvalue weighted by Gasteiger charge is 2.23. The van der Waals surface area contributed by atoms with Gasteiger partial charge >= 0.3 is 0 Å². The molecule has 0 saturated carbocycles. The number of piperazine rings is 1. The van der Waals surface area contributed by atoms with Crippen LogP contribution in [0.5, 0.6) is 5.75 Å². The number of halogens is 1. The molecule has 0 bridgehead atoms. The van der Waals surface area contributed by atoms with Crippen molar-refractivity contribution in [3.05, 3.63) is 74.8 Å². The Morgan fingerprint density at radius 2 is 1.83 bits per heavy atom. The predicted molar refractivity (Wildman–Crippen MR) is 160 cm³/mol. The standard InChI is InChI=1S/C28H31ClN10O2/c1-41-19-9-7-18(8-10-19)17-37-12-14-38(15-13-37)39-23(34-22-5-2-4-21(29)24(22)27(39)40)6-3-11-33-26-20(16-30)25(31)35-28(32)36-26/h2,4-5,7-10H,3,6,11-15,17H2,1H3,(H5,31,32,33,35,36). The van der Waals surface area contributed by atoms with E-state index in [2.05, 4.69) is 32.3 Å². The van der Waals surface area contributed by atoms with E-state index in [1.165, 1.54) is 5.56 Å². The molecule has 0 unspecified atom stereocenters. The Bertz CT molecular complexity index is 1640. The van der Waals surface area contributed by atoms with Gasteiger partial charge in [-0.15, -0.1) is 0 Å². The smallest absolute Gasteiger partial charge is 0.281 e. The van der Waals surface area contributed by atoms with Gasteiger partial charge in [0.2, 0.25) is 5.95 Å². The Morgan fingerprint density at radius 3 is 2.54 bits per heavy atom. The number of rotatable bonds is 9. The molecule has 1 aliphatic heterocycles. The maximum absolute atomic E-state index is 13.8. The first-order valence-electron chi connectivity index (χ1n) is 13.3. The van der Waals surface area contributed by atoms with Gasteiger partial charge < -0.3 is 26.5 Å². The SMILES string of the molecule is COc1ccc(CN2CCN(n3c(CCCNc4nc(N)nc(N)c4C#N)nc4cccc(Cl)c4c3=O)CC2)cc1. The lowest BCUT2D eigenvalue weighted by Crippen LogP contribution is -2.54. The van der Waals surface area contributed by atoms with Crippen LogP contribution in [0.2, 0.25) is 5.02 Å². The summed E-state index contributed by atoms with van der Waals surface area (Å²) in [6, 6.07) is 15.4. The van der Waals surface area contributed by atoms with Gasteiger partial charge in [0, 0.05) is 45.7 Å². The molecule has 2 aromatic heterocycles. The second kappa shape index (κ2) is 12.3. The van der Waals surface area contributed by atoms with Gasteiger partial charge in [-0.25, -0.2) is 9.66 Å². The van der Waals surface area contributed by atoms with Crippen LogP contribution in [0.4, 0.5) is 17.6 Å². The first kappa shape index (κ1) is 27.9. The molecule has 1 saturated heterocycles. The fourth-order valence-corrected chi connectivity index (χ4v) is 5.20. The number of nitrogens with one attached hydrogen (secondary N) is 1. The Hall–Kier alpha value is -4.60. The Morgan fingerprint density at radius 1 is 1.07 bits per heavy atom. The normalized spacial score (nSPS) is 13.7. The van der Waals surface area contributed by atoms with Crippen molar-refractivity contribution >= 4 is 40.1 Å². The summed E-state index contributed by atoms with van der Waals surface area (Å²) in [6.45, 7) is 4.15. The number of nitrogen functional groups attached to an aromatic ring is 2. The predicted octanol–water partition coefficient (Wildman–Crippen LogP) is 2.38. The van der Waals surface area contributed by atoms with Crippen LogP contribution in [0, 0.1) is 11.3 Å². The molecular weight excluding hydrogens is 544 g/mol. The summed E-state index contributed by atoms with van der Waals surface area (Å²) in [5, 5.41) is 15.4. The molecule has 4 aromatic rings. The minimum atomic E-state index is -0.185. The van der Waals surface area contributed by atoms with Crippen molar-refractivity contribution in [2.24, 2.45) is 0 Å². The minimum absolute atomic E-state index is 0.0166. The van der Waals surface area contributed by atoms with Crippen LogP contribution in [0.15, 0.2) is 47.3 Å². The lowest BCUT2D eigenvalue weighted by Gasteiger charge is -2.37. The van der Waals surface area contributed by atoms with Crippen molar-refractivity contribution in [3.8, 4) is 11.8 Å². The van der Waals surface area contributed by atoms with E-state index >= 15 is 0 Å². The van der Waals surface area contributed by atoms with Crippen LogP contribution >= 0.6 is 11.6 Å². The van der Waals surface area contributed by atoms with Gasteiger partial charge in [0.25, 0.3) is 5.56 Å². The summed E-state index contributed by atoms with van der Waals surface area (Å²) in [7, 11) is 1.66. The minimum Gasteiger partial charge on any atom is -0.497 e. The molecule has 12 nitrogen and oxygen atoms in total. The van der Waals surface area contributed by atoms with Crippen LogP contribution in [-0.4, -0.2) is 64.4 Å². The van der Waals surface area contributed by atoms with E-state index in [0.29, 0.717) is 54.2 Å². The van der Waals surface area contributed by atoms with Gasteiger partial charge in [-0.3, -0.25) is 9.69 Å². The molecule has 0 amide bonds. The van der Waals surface area contributed by atoms with Crippen molar-refractivity contribution in [3.63, 3.8) is 0 Å². The molecule has 5 rings (SSSR count). The molecular formula is C28H31ClN10O2. The maximum Gasteiger partial charge on any atom is 0.281 e. The number of aryl methyl sites for hydroxylation is 1. The zero-order valence-corrected chi connectivity index (χ0v) is 23.4. The topological polar surface area (TPSA) is 164 Å². The molecule has 2 aromatic carbocycles. The van der Waals surface area contributed by atoms with Crippen LogP contribution < -0.4 is 32.1 Å². The number of hydrogen-bond donors (Lipinski definition) is 3. The van der Waals surface area contributed by atoms with Crippen LogP contribution in [0.3, 0.4) is 0 Å². The Labute approximate surface area is 242 Å². The third-order valence-electron chi connectivity index (χ3n) is 7.02. The fraction of sp³-hybridized carbons (Fsp3) is 0.321. The average Bonchev–Trinajstić information content (AvgIpc) is 2.96. The quantitative estimate of drug-likeness (QED) is 0.251. The van der Waals surface area contributed by atoms with Gasteiger partial charge in [0.1, 0.15) is 29.0 Å². The molecule has 5 N–H and O–H groups in total. The Kier molecular flexibility index (Phi) is 8.37. The zero-order chi connectivity index (χ0) is 28.9. The van der Waals surface area contributed by atoms with Gasteiger partial charge in [-0.2, -0.15) is 15.2 Å². The van der Waals surface area contributed by atoms with Gasteiger partial charge in [-0.05, 0) is 36.2 Å². The van der Waals surface area contributed by atoms with E-state index < -0.39 is 0 Å². The van der Waals surface area contributed by atoms with E-state index in [4.69, 9.17) is 32.8 Å². The molecule has 0 radical (unpaired) electrons. The zero-order valence-electron chi connectivity index (χ0n) is 22.7. The molecule has 1 fully saturated rings. The van der Waals surface area contributed by atoms with Gasteiger partial charge in [-0.1, -0.05) is 29.8 Å². The van der Waals surface area contributed by atoms with Crippen molar-refractivity contribution in [1.29, 1.82) is 5.26 Å². The van der Waals surface area contributed by atoms with E-state index in [1.54, 1.807) is 30.0 Å². The number of methoxy groups -OCH3 is 1. The summed E-state index contributed by atoms with van der Waals surface area (Å²) in [5.41, 5.74) is 13.2. The lowest BCUT2D eigenvalue weighted by molar-refractivity contribution is 0.229. The highest BCUT2D eigenvalue weighted by molar-refractivity contribution is 6.35. The molecule has 3 heterocycles. The number of benzene rings is 2. The Balaban J connectivity index is 1.32. The van der Waals surface area contributed by atoms with E-state index in [1.807, 2.05) is 23.2 Å². The summed E-state index contributed by atoms with van der Waals surface area (Å²) < 4.78 is 6.94. The monoisotopic (exact) mass is 574 g/mol. The number of nitrogens with zero attached hydrogens (tertiary/aromatic N) is 7. The first-order valence-corrected chi connectivity index (χ1v) is 13.6. The van der Waals surface area contributed by atoms with Crippen molar-refractivity contribution in [2.75, 3.05) is 61.6 Å². The number of aromatic nitrogens is 4. The number of fused-ring (bicyclic) bond motifs is 1. The van der Waals surface area contributed by atoms with Gasteiger partial charge in [0.05, 0.1) is 23.0 Å². The van der Waals surface area contributed by atoms with E-state index in [-0.39, 0.29) is 28.7 Å². The molecule has 0 atom stereocenters. The maximum atomic E-state index is 13.8. The summed E-state index contributed by atoms with van der Waals surface area (Å²) in [6.07, 6.45) is 1.10. The average molecular weight is 575 g/mol. The molecule has 0 aliphatic carbocycles. The number of nitrogens with two attached hydrogens (primary N) is 2. The van der Waals surface area contributed by atoms with E-state index in [0.717, 1.165) is 25.4 Å². The molecule has 1 aliphatic rings. The second-order valence-corrected chi connectivity index (χ2v) is 10.1. The number of hydrogen-bond acceptors (Lipinski definition) is 11. The van der Waals surface area contributed by atoms with Crippen LogP contribution in [-0.2, 0) is 13.0 Å². The summed E-state index contributed by atoms with van der Waals surface area (Å²) >= 11 is 6.45. The third-order valence-corrected chi connectivity index (χ3v) is 7.34. The molecule has 41 heavy (non-hydrogen) atoms. The van der Waals surface area contributed by atoms with Gasteiger partial charge in [0.15, 0.2) is 5.82 Å². The molecule has 212 valence electrons. The first-order chi connectivity index (χ1) is 19.9. The largest absolute Gasteiger partial charge is 0.497 e. The second-order valence-electron chi connectivity index (χ2n) is 9.69. The number of nitriles is 1. The highest BCUT2D eigenvalue weighted by atomic mass is 35.5. The molecule has 0 spiro atoms. The fourth-order valence-electron chi connectivity index (χ4n) is 4.95. The third kappa shape index (κ3) is 6.11. The lowest BCUT2D eigenvalue weighted by atomic mass is 10.2. The van der Waals surface area contributed by atoms with Crippen molar-refractivity contribution < 1.29 is 4.74 Å². The highest BCUT2D eigenvalue weighted by Crippen LogP contribution is 2.21. The van der Waals surface area contributed by atoms with Crippen LogP contribution in [0.1, 0.15) is 23.4 Å². The number of anilines is 3. The van der Waals surface area contributed by atoms with Crippen LogP contribution in [0.25, 0.3) is 10.9 Å². The number of ether oxygens (including phenoxy) is 1. The summed E-state index contributed by atoms with van der Waals surface area (Å²) in [4.78, 5) is 28.9. The van der Waals surface area contributed by atoms with Crippen molar-refractivity contribution in [1.82, 2.24) is 24.5 Å².